The molecular formula is C23H13F5O5. The zero-order valence-electron chi connectivity index (χ0n) is 16.8. The zero-order valence-corrected chi connectivity index (χ0v) is 16.8. The van der Waals surface area contributed by atoms with Crippen LogP contribution in [0.5, 0.6) is 23.0 Å². The molecule has 0 radical (unpaired) electrons. The van der Waals surface area contributed by atoms with Gasteiger partial charge in [-0.15, -0.1) is 0 Å². The predicted octanol–water partition coefficient (Wildman–Crippen LogP) is 5.87. The van der Waals surface area contributed by atoms with E-state index >= 15 is 0 Å². The normalized spacial score (nSPS) is 11.0. The first-order chi connectivity index (χ1) is 15.8. The van der Waals surface area contributed by atoms with E-state index in [0.717, 1.165) is 6.26 Å². The van der Waals surface area contributed by atoms with Crippen molar-refractivity contribution in [3.8, 4) is 23.0 Å². The second-order valence-corrected chi connectivity index (χ2v) is 6.68. The van der Waals surface area contributed by atoms with Crippen LogP contribution in [0.2, 0.25) is 0 Å². The Hall–Kier alpha value is -4.08. The molecule has 0 aliphatic rings. The van der Waals surface area contributed by atoms with Crippen molar-refractivity contribution in [3.05, 3.63) is 93.6 Å². The van der Waals surface area contributed by atoms with Crippen molar-refractivity contribution >= 4 is 11.0 Å². The minimum absolute atomic E-state index is 0.0343. The highest BCUT2D eigenvalue weighted by Crippen LogP contribution is 2.31. The van der Waals surface area contributed by atoms with Crippen LogP contribution >= 0.6 is 0 Å². The highest BCUT2D eigenvalue weighted by molar-refractivity contribution is 5.79. The Morgan fingerprint density at radius 1 is 0.818 bits per heavy atom. The maximum Gasteiger partial charge on any atom is 0.235 e. The summed E-state index contributed by atoms with van der Waals surface area (Å²) < 4.78 is 88.8. The van der Waals surface area contributed by atoms with Crippen LogP contribution in [0.15, 0.2) is 57.9 Å². The third-order valence-corrected chi connectivity index (χ3v) is 4.69. The lowest BCUT2D eigenvalue weighted by molar-refractivity contribution is 0.279. The zero-order chi connectivity index (χ0) is 23.7. The number of hydrogen-bond acceptors (Lipinski definition) is 5. The molecule has 0 atom stereocenters. The molecule has 0 saturated carbocycles. The van der Waals surface area contributed by atoms with Gasteiger partial charge in [0.25, 0.3) is 0 Å². The molecule has 0 N–H and O–H groups in total. The van der Waals surface area contributed by atoms with Gasteiger partial charge in [-0.25, -0.2) is 22.0 Å². The van der Waals surface area contributed by atoms with E-state index in [1.54, 1.807) is 24.3 Å². The first-order valence-corrected chi connectivity index (χ1v) is 9.31. The number of rotatable bonds is 6. The lowest BCUT2D eigenvalue weighted by Crippen LogP contribution is -2.10. The molecule has 4 aromatic rings. The molecule has 1 aromatic heterocycles. The summed E-state index contributed by atoms with van der Waals surface area (Å²) in [4.78, 5) is 12.7. The van der Waals surface area contributed by atoms with Gasteiger partial charge < -0.3 is 18.6 Å². The molecule has 4 rings (SSSR count). The topological polar surface area (TPSA) is 57.9 Å². The van der Waals surface area contributed by atoms with Crippen molar-refractivity contribution in [1.82, 2.24) is 0 Å². The summed E-state index contributed by atoms with van der Waals surface area (Å²) in [6.45, 7) is -0.948. The van der Waals surface area contributed by atoms with Gasteiger partial charge in [-0.2, -0.15) is 0 Å². The molecule has 0 aliphatic carbocycles. The lowest BCUT2D eigenvalue weighted by atomic mass is 10.1. The number of para-hydroxylation sites is 2. The van der Waals surface area contributed by atoms with E-state index in [1.807, 2.05) is 0 Å². The second-order valence-electron chi connectivity index (χ2n) is 6.68. The number of benzene rings is 3. The van der Waals surface area contributed by atoms with Crippen molar-refractivity contribution in [1.29, 1.82) is 0 Å². The Balaban J connectivity index is 1.60. The van der Waals surface area contributed by atoms with Gasteiger partial charge in [0.1, 0.15) is 24.2 Å². The summed E-state index contributed by atoms with van der Waals surface area (Å²) in [5, 5.41) is 0.103. The van der Waals surface area contributed by atoms with Crippen LogP contribution in [0, 0.1) is 29.1 Å². The summed E-state index contributed by atoms with van der Waals surface area (Å²) in [5.74, 6) is -9.85. The van der Waals surface area contributed by atoms with Crippen LogP contribution in [0.3, 0.4) is 0 Å². The number of fused-ring (bicyclic) bond motifs is 1. The van der Waals surface area contributed by atoms with Crippen LogP contribution in [-0.4, -0.2) is 7.11 Å². The summed E-state index contributed by atoms with van der Waals surface area (Å²) in [5.41, 5.74) is -1.61. The molecule has 0 bridgehead atoms. The molecule has 0 saturated heterocycles. The third kappa shape index (κ3) is 4.07. The van der Waals surface area contributed by atoms with Gasteiger partial charge in [0.2, 0.25) is 17.0 Å². The van der Waals surface area contributed by atoms with Crippen molar-refractivity contribution in [2.45, 2.75) is 6.61 Å². The molecule has 0 unspecified atom stereocenters. The summed E-state index contributed by atoms with van der Waals surface area (Å²) >= 11 is 0. The Bertz CT molecular complexity index is 1390. The van der Waals surface area contributed by atoms with Crippen molar-refractivity contribution < 1.29 is 40.6 Å². The fraction of sp³-hybridized carbons (Fsp3) is 0.0870. The fourth-order valence-corrected chi connectivity index (χ4v) is 3.01. The molecule has 0 aliphatic heterocycles. The van der Waals surface area contributed by atoms with Gasteiger partial charge in [-0.1, -0.05) is 12.1 Å². The van der Waals surface area contributed by atoms with E-state index in [2.05, 4.69) is 0 Å². The van der Waals surface area contributed by atoms with E-state index < -0.39 is 46.7 Å². The largest absolute Gasteiger partial charge is 0.493 e. The second kappa shape index (κ2) is 8.81. The average Bonchev–Trinajstić information content (AvgIpc) is 2.83. The van der Waals surface area contributed by atoms with Crippen molar-refractivity contribution in [2.75, 3.05) is 7.11 Å². The Kier molecular flexibility index (Phi) is 5.91. The molecule has 5 nitrogen and oxygen atoms in total. The minimum atomic E-state index is -2.26. The molecule has 10 heteroatoms. The summed E-state index contributed by atoms with van der Waals surface area (Å²) in [6, 6.07) is 10.5. The number of methoxy groups -OCH3 is 1. The Morgan fingerprint density at radius 3 is 2.12 bits per heavy atom. The highest BCUT2D eigenvalue weighted by Gasteiger charge is 2.26. The quantitative estimate of drug-likeness (QED) is 0.203. The van der Waals surface area contributed by atoms with Crippen LogP contribution in [0.1, 0.15) is 5.56 Å². The van der Waals surface area contributed by atoms with Gasteiger partial charge in [-0.05, 0) is 24.3 Å². The van der Waals surface area contributed by atoms with Gasteiger partial charge in [0, 0.05) is 6.07 Å². The molecule has 33 heavy (non-hydrogen) atoms. The molecule has 0 fully saturated rings. The fourth-order valence-electron chi connectivity index (χ4n) is 3.01. The van der Waals surface area contributed by atoms with E-state index in [-0.39, 0.29) is 28.2 Å². The predicted molar refractivity (Wildman–Crippen MR) is 106 cm³/mol. The minimum Gasteiger partial charge on any atom is -0.493 e. The van der Waals surface area contributed by atoms with Gasteiger partial charge in [-0.3, -0.25) is 4.79 Å². The summed E-state index contributed by atoms with van der Waals surface area (Å²) in [6.07, 6.45) is 1.06. The van der Waals surface area contributed by atoms with Crippen LogP contribution in [0.25, 0.3) is 11.0 Å². The monoisotopic (exact) mass is 464 g/mol. The maximum atomic E-state index is 13.8. The van der Waals surface area contributed by atoms with Crippen LogP contribution in [-0.2, 0) is 6.61 Å². The molecule has 0 spiro atoms. The Labute approximate surface area is 182 Å². The van der Waals surface area contributed by atoms with Crippen LogP contribution < -0.4 is 19.6 Å². The first-order valence-electron chi connectivity index (χ1n) is 9.31. The van der Waals surface area contributed by atoms with Crippen molar-refractivity contribution in [3.63, 3.8) is 0 Å². The Morgan fingerprint density at radius 2 is 1.45 bits per heavy atom. The van der Waals surface area contributed by atoms with E-state index in [9.17, 15) is 26.7 Å². The summed E-state index contributed by atoms with van der Waals surface area (Å²) in [7, 11) is 1.44. The molecule has 1 heterocycles. The maximum absolute atomic E-state index is 13.8. The molecule has 3 aromatic carbocycles. The van der Waals surface area contributed by atoms with Crippen LogP contribution in [0.4, 0.5) is 22.0 Å². The van der Waals surface area contributed by atoms with Gasteiger partial charge >= 0.3 is 0 Å². The van der Waals surface area contributed by atoms with E-state index in [0.29, 0.717) is 5.75 Å². The average molecular weight is 464 g/mol. The lowest BCUT2D eigenvalue weighted by Gasteiger charge is -2.11. The molecular weight excluding hydrogens is 451 g/mol. The van der Waals surface area contributed by atoms with Gasteiger partial charge in [0.15, 0.2) is 34.8 Å². The van der Waals surface area contributed by atoms with Crippen molar-refractivity contribution in [2.24, 2.45) is 0 Å². The smallest absolute Gasteiger partial charge is 0.235 e. The van der Waals surface area contributed by atoms with E-state index in [1.165, 1.54) is 25.3 Å². The standard InChI is InChI=1S/C23H13F5O5/c1-30-14-4-2-3-5-15(14)33-17-10-32-16-8-11(6-7-12(16)23(17)29)31-9-13-18(24)20(26)22(28)21(27)19(13)25/h2-8,10H,9H2,1H3. The third-order valence-electron chi connectivity index (χ3n) is 4.69. The van der Waals surface area contributed by atoms with E-state index in [4.69, 9.17) is 18.6 Å². The number of halogens is 5. The van der Waals surface area contributed by atoms with Gasteiger partial charge in [0.05, 0.1) is 18.1 Å². The molecule has 0 amide bonds. The first kappa shape index (κ1) is 22.1. The number of ether oxygens (including phenoxy) is 3. The molecule has 170 valence electrons. The highest BCUT2D eigenvalue weighted by atomic mass is 19.2. The SMILES string of the molecule is COc1ccccc1Oc1coc2cc(OCc3c(F)c(F)c(F)c(F)c3F)ccc2c1=O. The number of hydrogen-bond donors (Lipinski definition) is 0.